The second-order valence-corrected chi connectivity index (χ2v) is 16.0. The molecule has 0 N–H and O–H groups in total. The maximum atomic E-state index is 6.40. The molecule has 12 rings (SSSR count). The molecule has 0 atom stereocenters. The van der Waals surface area contributed by atoms with Crippen molar-refractivity contribution in [2.75, 3.05) is 4.90 Å². The minimum absolute atomic E-state index is 0.878. The van der Waals surface area contributed by atoms with E-state index < -0.39 is 0 Å². The van der Waals surface area contributed by atoms with E-state index in [1.807, 2.05) is 6.07 Å². The van der Waals surface area contributed by atoms with Crippen LogP contribution < -0.4 is 4.90 Å². The van der Waals surface area contributed by atoms with E-state index in [1.54, 1.807) is 0 Å². The Balaban J connectivity index is 1.02. The summed E-state index contributed by atoms with van der Waals surface area (Å²) in [6, 6.07) is 87.1. The van der Waals surface area contributed by atoms with Gasteiger partial charge in [-0.05, 0) is 94.0 Å². The van der Waals surface area contributed by atoms with E-state index in [4.69, 9.17) is 4.42 Å². The summed E-state index contributed by atoms with van der Waals surface area (Å²) in [5.41, 5.74) is 17.8. The number of aromatic nitrogens is 1. The van der Waals surface area contributed by atoms with Crippen molar-refractivity contribution in [2.24, 2.45) is 0 Å². The Hall–Kier alpha value is -8.40. The lowest BCUT2D eigenvalue weighted by Gasteiger charge is -2.28. The topological polar surface area (TPSA) is 21.3 Å². The van der Waals surface area contributed by atoms with Crippen LogP contribution in [-0.2, 0) is 0 Å². The van der Waals surface area contributed by atoms with Gasteiger partial charge in [0.1, 0.15) is 11.2 Å². The van der Waals surface area contributed by atoms with Crippen molar-refractivity contribution in [2.45, 2.75) is 0 Å². The fraction of sp³-hybridized carbons (Fsp3) is 0. The Morgan fingerprint density at radius 2 is 0.762 bits per heavy atom. The van der Waals surface area contributed by atoms with Crippen molar-refractivity contribution < 1.29 is 4.42 Å². The molecule has 12 aromatic rings. The quantitative estimate of drug-likeness (QED) is 0.153. The van der Waals surface area contributed by atoms with E-state index in [2.05, 4.69) is 246 Å². The summed E-state index contributed by atoms with van der Waals surface area (Å²) in [5, 5.41) is 4.73. The molecule has 3 heteroatoms. The van der Waals surface area contributed by atoms with Gasteiger partial charge in [0, 0.05) is 44.0 Å². The summed E-state index contributed by atoms with van der Waals surface area (Å²) >= 11 is 0. The van der Waals surface area contributed by atoms with E-state index in [0.717, 1.165) is 66.9 Å². The SMILES string of the molecule is c1ccc(-c2ccccc2-c2ccc(N(c3ccc(-c4ccccc4-n4c5ccccc5c5ccccc54)cc3)c3ccccc3-c3cccc4oc5ccccc5c34)cc2)cc1. The van der Waals surface area contributed by atoms with Crippen molar-refractivity contribution in [3.8, 4) is 50.2 Å². The summed E-state index contributed by atoms with van der Waals surface area (Å²) in [7, 11) is 0. The van der Waals surface area contributed by atoms with Crippen LogP contribution in [0.5, 0.6) is 0 Å². The zero-order valence-electron chi connectivity index (χ0n) is 34.4. The molecule has 10 aromatic carbocycles. The number of nitrogens with zero attached hydrogens (tertiary/aromatic N) is 2. The molecule has 0 aliphatic rings. The summed E-state index contributed by atoms with van der Waals surface area (Å²) in [6.45, 7) is 0. The van der Waals surface area contributed by atoms with Gasteiger partial charge < -0.3 is 13.9 Å². The molecule has 0 saturated carbocycles. The van der Waals surface area contributed by atoms with Crippen LogP contribution in [0.15, 0.2) is 247 Å². The lowest BCUT2D eigenvalue weighted by Crippen LogP contribution is -2.11. The number of benzene rings is 10. The minimum atomic E-state index is 0.878. The number of hydrogen-bond acceptors (Lipinski definition) is 2. The predicted octanol–water partition coefficient (Wildman–Crippen LogP) is 16.8. The first kappa shape index (κ1) is 36.5. The van der Waals surface area contributed by atoms with E-state index in [1.165, 1.54) is 44.1 Å². The molecule has 296 valence electrons. The van der Waals surface area contributed by atoms with Crippen molar-refractivity contribution in [3.05, 3.63) is 243 Å². The standard InChI is InChI=1S/C60H40N2O/c1-2-17-41(18-3-1)46-19-4-5-20-47(46)42-33-37-44(38-34-42)61(55-28-12-9-24-51(55)52-26-16-32-59-60(52)53-25-10-15-31-58(53)63-59)45-39-35-43(36-40-45)48-21-6-11-27-54(48)62-56-29-13-7-22-49(56)50-23-8-14-30-57(50)62/h1-40H. The third-order valence-corrected chi connectivity index (χ3v) is 12.4. The molecule has 2 aromatic heterocycles. The highest BCUT2D eigenvalue weighted by Crippen LogP contribution is 2.46. The second kappa shape index (κ2) is 15.3. The molecule has 0 amide bonds. The summed E-state index contributed by atoms with van der Waals surface area (Å²) in [4.78, 5) is 2.39. The lowest BCUT2D eigenvalue weighted by atomic mass is 9.94. The lowest BCUT2D eigenvalue weighted by molar-refractivity contribution is 0.669. The number of hydrogen-bond donors (Lipinski definition) is 0. The maximum absolute atomic E-state index is 6.40. The van der Waals surface area contributed by atoms with Crippen molar-refractivity contribution in [3.63, 3.8) is 0 Å². The molecule has 0 unspecified atom stereocenters. The fourth-order valence-corrected chi connectivity index (χ4v) is 9.60. The third-order valence-electron chi connectivity index (χ3n) is 12.4. The molecule has 2 heterocycles. The molecule has 0 radical (unpaired) electrons. The number of furan rings is 1. The molecule has 63 heavy (non-hydrogen) atoms. The molecular weight excluding hydrogens is 765 g/mol. The third kappa shape index (κ3) is 6.21. The largest absolute Gasteiger partial charge is 0.456 e. The van der Waals surface area contributed by atoms with Crippen LogP contribution in [0.4, 0.5) is 17.1 Å². The monoisotopic (exact) mass is 804 g/mol. The Morgan fingerprint density at radius 1 is 0.302 bits per heavy atom. The van der Waals surface area contributed by atoms with Crippen LogP contribution in [0.25, 0.3) is 93.9 Å². The zero-order chi connectivity index (χ0) is 41.7. The Morgan fingerprint density at radius 3 is 1.43 bits per heavy atom. The summed E-state index contributed by atoms with van der Waals surface area (Å²) in [6.07, 6.45) is 0. The van der Waals surface area contributed by atoms with Gasteiger partial charge in [-0.2, -0.15) is 0 Å². The van der Waals surface area contributed by atoms with E-state index in [-0.39, 0.29) is 0 Å². The Kier molecular flexibility index (Phi) is 8.83. The van der Waals surface area contributed by atoms with E-state index in [0.29, 0.717) is 0 Å². The minimum Gasteiger partial charge on any atom is -0.456 e. The van der Waals surface area contributed by atoms with Gasteiger partial charge in [-0.3, -0.25) is 0 Å². The number of fused-ring (bicyclic) bond motifs is 6. The predicted molar refractivity (Wildman–Crippen MR) is 264 cm³/mol. The maximum Gasteiger partial charge on any atom is 0.136 e. The smallest absolute Gasteiger partial charge is 0.136 e. The van der Waals surface area contributed by atoms with E-state index in [9.17, 15) is 0 Å². The number of anilines is 3. The molecule has 0 fully saturated rings. The van der Waals surface area contributed by atoms with Crippen LogP contribution in [0.2, 0.25) is 0 Å². The van der Waals surface area contributed by atoms with Crippen LogP contribution >= 0.6 is 0 Å². The molecule has 0 bridgehead atoms. The fourth-order valence-electron chi connectivity index (χ4n) is 9.60. The first-order chi connectivity index (χ1) is 31.3. The van der Waals surface area contributed by atoms with Crippen LogP contribution in [0.3, 0.4) is 0 Å². The van der Waals surface area contributed by atoms with Crippen molar-refractivity contribution in [1.29, 1.82) is 0 Å². The molecule has 0 spiro atoms. The average molecular weight is 805 g/mol. The van der Waals surface area contributed by atoms with Crippen molar-refractivity contribution >= 4 is 60.8 Å². The molecule has 0 saturated heterocycles. The van der Waals surface area contributed by atoms with Gasteiger partial charge in [-0.25, -0.2) is 0 Å². The van der Waals surface area contributed by atoms with Gasteiger partial charge in [0.25, 0.3) is 0 Å². The summed E-state index contributed by atoms with van der Waals surface area (Å²) < 4.78 is 8.82. The average Bonchev–Trinajstić information content (AvgIpc) is 3.91. The van der Waals surface area contributed by atoms with Crippen LogP contribution in [-0.4, -0.2) is 4.57 Å². The molecule has 0 aliphatic carbocycles. The van der Waals surface area contributed by atoms with Crippen LogP contribution in [0, 0.1) is 0 Å². The highest BCUT2D eigenvalue weighted by molar-refractivity contribution is 6.14. The zero-order valence-corrected chi connectivity index (χ0v) is 34.4. The normalized spacial score (nSPS) is 11.5. The van der Waals surface area contributed by atoms with Crippen LogP contribution in [0.1, 0.15) is 0 Å². The summed E-state index contributed by atoms with van der Waals surface area (Å²) in [5.74, 6) is 0. The van der Waals surface area contributed by atoms with Gasteiger partial charge in [-0.15, -0.1) is 0 Å². The van der Waals surface area contributed by atoms with Gasteiger partial charge >= 0.3 is 0 Å². The van der Waals surface area contributed by atoms with Gasteiger partial charge in [-0.1, -0.05) is 182 Å². The molecule has 0 aliphatic heterocycles. The highest BCUT2D eigenvalue weighted by Gasteiger charge is 2.22. The van der Waals surface area contributed by atoms with Crippen molar-refractivity contribution in [1.82, 2.24) is 4.57 Å². The first-order valence-corrected chi connectivity index (χ1v) is 21.5. The van der Waals surface area contributed by atoms with Gasteiger partial charge in [0.15, 0.2) is 0 Å². The first-order valence-electron chi connectivity index (χ1n) is 21.5. The Bertz CT molecular complexity index is 3560. The number of rotatable bonds is 8. The second-order valence-electron chi connectivity index (χ2n) is 16.0. The van der Waals surface area contributed by atoms with Gasteiger partial charge in [0.2, 0.25) is 0 Å². The Labute approximate surface area is 366 Å². The highest BCUT2D eigenvalue weighted by atomic mass is 16.3. The number of para-hydroxylation sites is 5. The van der Waals surface area contributed by atoms with E-state index >= 15 is 0 Å². The molecular formula is C60H40N2O. The molecule has 3 nitrogen and oxygen atoms in total. The van der Waals surface area contributed by atoms with Gasteiger partial charge in [0.05, 0.1) is 22.4 Å².